The molecule has 0 fully saturated rings. The van der Waals surface area contributed by atoms with Gasteiger partial charge in [-0.2, -0.15) is 0 Å². The van der Waals surface area contributed by atoms with E-state index in [4.69, 9.17) is 19.3 Å². The molecule has 10 heteroatoms. The lowest BCUT2D eigenvalue weighted by Crippen LogP contribution is -2.29. The van der Waals surface area contributed by atoms with Crippen molar-refractivity contribution in [1.82, 2.24) is 0 Å². The Hall–Kier alpha value is -3.33. The second-order valence-electron chi connectivity index (χ2n) is 12.3. The van der Waals surface area contributed by atoms with Crippen LogP contribution in [-0.4, -0.2) is 52.3 Å². The first-order chi connectivity index (χ1) is 25.7. The molecule has 9 nitrogen and oxygen atoms in total. The predicted octanol–water partition coefficient (Wildman–Crippen LogP) is 10.6. The van der Waals surface area contributed by atoms with Gasteiger partial charge in [0.15, 0.2) is 6.10 Å². The highest BCUT2D eigenvalue weighted by Crippen LogP contribution is 2.35. The van der Waals surface area contributed by atoms with Gasteiger partial charge < -0.3 is 24.4 Å². The second-order valence-corrected chi connectivity index (χ2v) is 13.6. The van der Waals surface area contributed by atoms with E-state index >= 15 is 0 Å². The van der Waals surface area contributed by atoms with Gasteiger partial charge in [0.25, 0.3) is 0 Å². The van der Waals surface area contributed by atoms with Crippen molar-refractivity contribution in [2.24, 2.45) is 0 Å². The minimum absolute atomic E-state index is 0.107. The van der Waals surface area contributed by atoms with Crippen LogP contribution in [0.25, 0.3) is 0 Å². The van der Waals surface area contributed by atoms with Crippen molar-refractivity contribution in [3.8, 4) is 0 Å². The summed E-state index contributed by atoms with van der Waals surface area (Å²) in [6.07, 6.45) is 49.0. The molecule has 298 valence electrons. The maximum atomic E-state index is 12.4. The fraction of sp³-hybridized carbons (Fsp3) is 0.535. The third-order valence-electron chi connectivity index (χ3n) is 7.44. The Morgan fingerprint density at radius 3 is 1.62 bits per heavy atom. The van der Waals surface area contributed by atoms with E-state index in [1.165, 1.54) is 0 Å². The molecule has 0 saturated heterocycles. The summed E-state index contributed by atoms with van der Waals surface area (Å²) in [5.41, 5.74) is 0. The van der Waals surface area contributed by atoms with Crippen LogP contribution in [0.2, 0.25) is 0 Å². The third kappa shape index (κ3) is 39.7. The van der Waals surface area contributed by atoms with Gasteiger partial charge in [-0.3, -0.25) is 14.1 Å². The third-order valence-corrected chi connectivity index (χ3v) is 7.93. The van der Waals surface area contributed by atoms with Crippen LogP contribution in [-0.2, 0) is 28.2 Å². The maximum absolute atomic E-state index is 12.4. The number of carbonyl (C=O) groups is 2. The van der Waals surface area contributed by atoms with Gasteiger partial charge in [-0.05, 0) is 83.5 Å². The lowest BCUT2D eigenvalue weighted by atomic mass is 10.1. The number of hydrogen-bond donors (Lipinski definition) is 3. The van der Waals surface area contributed by atoms with E-state index in [0.29, 0.717) is 25.7 Å². The summed E-state index contributed by atoms with van der Waals surface area (Å²) < 4.78 is 26.2. The van der Waals surface area contributed by atoms with Crippen LogP contribution in [0.1, 0.15) is 123 Å². The lowest BCUT2D eigenvalue weighted by molar-refractivity contribution is -0.161. The van der Waals surface area contributed by atoms with Crippen molar-refractivity contribution in [1.29, 1.82) is 0 Å². The van der Waals surface area contributed by atoms with Crippen LogP contribution in [0.3, 0.4) is 0 Å². The van der Waals surface area contributed by atoms with E-state index < -0.39 is 32.5 Å². The Balaban J connectivity index is 4.16. The van der Waals surface area contributed by atoms with Gasteiger partial charge in [-0.15, -0.1) is 0 Å². The number of carbonyl (C=O) groups excluding carboxylic acids is 2. The van der Waals surface area contributed by atoms with E-state index in [9.17, 15) is 19.3 Å². The number of aliphatic hydroxyl groups is 1. The van der Waals surface area contributed by atoms with Crippen molar-refractivity contribution in [2.75, 3.05) is 13.2 Å². The highest BCUT2D eigenvalue weighted by molar-refractivity contribution is 7.46. The fourth-order valence-corrected chi connectivity index (χ4v) is 4.83. The van der Waals surface area contributed by atoms with Gasteiger partial charge in [-0.1, -0.05) is 136 Å². The SMILES string of the molecule is CC/C=C\C/C=C\C/C=C\C/C=C\CCCCCCC(=O)OC[C@H](COP(=O)(O)O)OC(=O)CCC/C=C\C/C=C\C/C=C\C/C=C\C=C\[C@H](O)CC. The summed E-state index contributed by atoms with van der Waals surface area (Å²) in [6.45, 7) is 3.14. The largest absolute Gasteiger partial charge is 0.469 e. The van der Waals surface area contributed by atoms with E-state index in [1.807, 2.05) is 37.3 Å². The smallest absolute Gasteiger partial charge is 0.462 e. The Bertz CT molecular complexity index is 1230. The summed E-state index contributed by atoms with van der Waals surface area (Å²) in [4.78, 5) is 42.7. The van der Waals surface area contributed by atoms with Crippen LogP contribution in [0, 0.1) is 0 Å². The molecule has 0 aliphatic heterocycles. The molecule has 0 heterocycles. The summed E-state index contributed by atoms with van der Waals surface area (Å²) >= 11 is 0. The molecule has 0 saturated carbocycles. The average molecular weight is 759 g/mol. The number of hydrogen-bond acceptors (Lipinski definition) is 7. The number of unbranched alkanes of at least 4 members (excludes halogenated alkanes) is 5. The number of phosphoric acid groups is 1. The molecule has 0 aliphatic rings. The van der Waals surface area contributed by atoms with E-state index in [-0.39, 0.29) is 25.6 Å². The zero-order valence-electron chi connectivity index (χ0n) is 32.2. The van der Waals surface area contributed by atoms with Gasteiger partial charge in [0.1, 0.15) is 6.61 Å². The van der Waals surface area contributed by atoms with E-state index in [0.717, 1.165) is 70.6 Å². The highest BCUT2D eigenvalue weighted by Gasteiger charge is 2.22. The summed E-state index contributed by atoms with van der Waals surface area (Å²) in [5.74, 6) is -1.01. The molecule has 0 aromatic carbocycles. The molecule has 0 spiro atoms. The number of ether oxygens (including phenoxy) is 2. The quantitative estimate of drug-likeness (QED) is 0.0196. The molecule has 0 amide bonds. The molecular formula is C43H67O9P. The molecule has 0 aromatic rings. The first-order valence-electron chi connectivity index (χ1n) is 19.3. The molecule has 0 rings (SSSR count). The van der Waals surface area contributed by atoms with E-state index in [2.05, 4.69) is 84.4 Å². The molecule has 2 atom stereocenters. The zero-order chi connectivity index (χ0) is 39.1. The standard InChI is InChI=1S/C43H67O9P/c1-3-5-6-7-8-9-10-11-12-13-14-18-21-24-27-30-33-36-42(45)50-38-41(39-51-53(47,48)49)52-43(46)37-34-31-28-25-22-19-16-15-17-20-23-26-29-32-35-40(44)4-2/h5-6,8-9,11-12,14,16-20,25-26,28-29,32,35,40-41,44H,3-4,7,10,13,15,21-24,27,30-31,33-34,36-39H2,1-2H3,(H2,47,48,49)/b6-5-,9-8-,12-11-,18-14-,19-16-,20-17-,28-25-,29-26-,35-32+/t40-,41-/m1/s1. The number of allylic oxidation sites excluding steroid dienone is 17. The van der Waals surface area contributed by atoms with Crippen molar-refractivity contribution >= 4 is 19.8 Å². The Morgan fingerprint density at radius 2 is 1.08 bits per heavy atom. The summed E-state index contributed by atoms with van der Waals surface area (Å²) in [5, 5.41) is 9.45. The van der Waals surface area contributed by atoms with E-state index in [1.54, 1.807) is 6.08 Å². The number of aliphatic hydroxyl groups excluding tert-OH is 1. The minimum Gasteiger partial charge on any atom is -0.462 e. The van der Waals surface area contributed by atoms with Crippen LogP contribution >= 0.6 is 7.82 Å². The molecular weight excluding hydrogens is 691 g/mol. The Labute approximate surface area is 319 Å². The summed E-state index contributed by atoms with van der Waals surface area (Å²) in [7, 11) is -4.79. The highest BCUT2D eigenvalue weighted by atomic mass is 31.2. The minimum atomic E-state index is -4.79. The lowest BCUT2D eigenvalue weighted by Gasteiger charge is -2.18. The average Bonchev–Trinajstić information content (AvgIpc) is 3.13. The van der Waals surface area contributed by atoms with Gasteiger partial charge in [0.2, 0.25) is 0 Å². The first-order valence-corrected chi connectivity index (χ1v) is 20.8. The fourth-order valence-electron chi connectivity index (χ4n) is 4.47. The topological polar surface area (TPSA) is 140 Å². The van der Waals surface area contributed by atoms with Gasteiger partial charge in [-0.25, -0.2) is 4.57 Å². The molecule has 0 aliphatic carbocycles. The normalized spacial score (nSPS) is 14.3. The first kappa shape index (κ1) is 49.7. The Kier molecular flexibility index (Phi) is 34.7. The van der Waals surface area contributed by atoms with Crippen molar-refractivity contribution in [3.05, 3.63) is 109 Å². The molecule has 0 radical (unpaired) electrons. The van der Waals surface area contributed by atoms with Crippen LogP contribution in [0.4, 0.5) is 0 Å². The van der Waals surface area contributed by atoms with Crippen LogP contribution in [0.15, 0.2) is 109 Å². The molecule has 3 N–H and O–H groups in total. The summed E-state index contributed by atoms with van der Waals surface area (Å²) in [6, 6.07) is 0. The van der Waals surface area contributed by atoms with Gasteiger partial charge >= 0.3 is 19.8 Å². The van der Waals surface area contributed by atoms with Crippen molar-refractivity contribution in [2.45, 2.75) is 135 Å². The van der Waals surface area contributed by atoms with Crippen molar-refractivity contribution < 1.29 is 43.0 Å². The monoisotopic (exact) mass is 758 g/mol. The maximum Gasteiger partial charge on any atom is 0.469 e. The molecule has 0 aromatic heterocycles. The predicted molar refractivity (Wildman–Crippen MR) is 217 cm³/mol. The number of phosphoric ester groups is 1. The molecule has 0 unspecified atom stereocenters. The Morgan fingerprint density at radius 1 is 0.585 bits per heavy atom. The number of esters is 2. The molecule has 53 heavy (non-hydrogen) atoms. The van der Waals surface area contributed by atoms with Crippen molar-refractivity contribution in [3.63, 3.8) is 0 Å². The van der Waals surface area contributed by atoms with Crippen LogP contribution < -0.4 is 0 Å². The van der Waals surface area contributed by atoms with Crippen LogP contribution in [0.5, 0.6) is 0 Å². The van der Waals surface area contributed by atoms with Gasteiger partial charge in [0, 0.05) is 12.8 Å². The zero-order valence-corrected chi connectivity index (χ0v) is 33.1. The molecule has 0 bridgehead atoms. The van der Waals surface area contributed by atoms with Gasteiger partial charge in [0.05, 0.1) is 12.7 Å². The number of rotatable bonds is 33. The second kappa shape index (κ2) is 37.0.